The van der Waals surface area contributed by atoms with E-state index in [4.69, 9.17) is 9.47 Å². The van der Waals surface area contributed by atoms with Crippen molar-refractivity contribution in [1.82, 2.24) is 0 Å². The first-order chi connectivity index (χ1) is 13.3. The van der Waals surface area contributed by atoms with Crippen molar-refractivity contribution >= 4 is 5.78 Å². The fraction of sp³-hybridized carbons (Fsp3) is 0.864. The lowest BCUT2D eigenvalue weighted by atomic mass is 9.43. The number of Topliss-reactive ketones (excluding diaryl/α,β-unsaturated/α-hetero) is 1. The van der Waals surface area contributed by atoms with Crippen molar-refractivity contribution in [3.05, 3.63) is 11.1 Å². The van der Waals surface area contributed by atoms with Crippen LogP contribution < -0.4 is 0 Å². The van der Waals surface area contributed by atoms with Crippen LogP contribution in [0, 0.1) is 22.7 Å². The molecule has 1 aliphatic heterocycles. The molecule has 9 atom stereocenters. The Balaban J connectivity index is 2.03. The molecule has 1 heterocycles. The normalized spacial score (nSPS) is 54.1. The second-order valence-corrected chi connectivity index (χ2v) is 10.4. The lowest BCUT2D eigenvalue weighted by Gasteiger charge is -2.67. The molecular weight excluding hydrogens is 376 g/mol. The van der Waals surface area contributed by atoms with Gasteiger partial charge in [0.25, 0.3) is 0 Å². The zero-order valence-electron chi connectivity index (χ0n) is 18.1. The third-order valence-corrected chi connectivity index (χ3v) is 9.09. The van der Waals surface area contributed by atoms with Gasteiger partial charge in [0.1, 0.15) is 11.7 Å². The van der Waals surface area contributed by atoms with E-state index in [1.54, 1.807) is 13.8 Å². The molecule has 2 saturated carbocycles. The third-order valence-electron chi connectivity index (χ3n) is 9.09. The molecule has 3 fully saturated rings. The Hall–Kier alpha value is -0.830. The number of carbonyl (C=O) groups is 1. The van der Waals surface area contributed by atoms with Gasteiger partial charge in [0.2, 0.25) is 0 Å². The van der Waals surface area contributed by atoms with Crippen LogP contribution in [-0.4, -0.2) is 75.5 Å². The van der Waals surface area contributed by atoms with Crippen molar-refractivity contribution in [2.45, 2.75) is 83.1 Å². The summed E-state index contributed by atoms with van der Waals surface area (Å²) in [6.07, 6.45) is -3.32. The van der Waals surface area contributed by atoms with E-state index in [0.717, 1.165) is 0 Å². The van der Waals surface area contributed by atoms with Gasteiger partial charge in [-0.1, -0.05) is 20.8 Å². The predicted molar refractivity (Wildman–Crippen MR) is 104 cm³/mol. The molecule has 4 rings (SSSR count). The molecule has 164 valence electrons. The number of hydrogen-bond donors (Lipinski definition) is 4. The Bertz CT molecular complexity index is 775. The maximum Gasteiger partial charge on any atom is 0.174 e. The summed E-state index contributed by atoms with van der Waals surface area (Å²) < 4.78 is 11.2. The van der Waals surface area contributed by atoms with Crippen molar-refractivity contribution in [1.29, 1.82) is 0 Å². The molecule has 2 bridgehead atoms. The van der Waals surface area contributed by atoms with Crippen LogP contribution in [0.4, 0.5) is 0 Å². The minimum atomic E-state index is -1.42. The van der Waals surface area contributed by atoms with Gasteiger partial charge in [0.15, 0.2) is 5.78 Å². The Morgan fingerprint density at radius 1 is 1.17 bits per heavy atom. The van der Waals surface area contributed by atoms with Crippen molar-refractivity contribution in [3.8, 4) is 0 Å². The highest BCUT2D eigenvalue weighted by molar-refractivity contribution is 5.93. The molecule has 0 aromatic rings. The number of methoxy groups -OCH3 is 1. The lowest BCUT2D eigenvalue weighted by Crippen LogP contribution is -2.78. The van der Waals surface area contributed by atoms with E-state index in [0.29, 0.717) is 11.1 Å². The molecule has 0 radical (unpaired) electrons. The van der Waals surface area contributed by atoms with Gasteiger partial charge in [-0.15, -0.1) is 0 Å². The van der Waals surface area contributed by atoms with E-state index in [-0.39, 0.29) is 25.2 Å². The standard InChI is InChI=1S/C22H34O7/c1-10-12(23)8-22(27)11(2)17-20(5,13(24)7-14-21(17,26)9-29-14)18(25)16(28-6)15(10)19(22,3)4/h11-14,16-17,23-24,26-27H,7-9H2,1-6H3/t11-,12?,13?,14?,16?,17?,20+,21?,22?/m0/s1. The topological polar surface area (TPSA) is 116 Å². The van der Waals surface area contributed by atoms with Gasteiger partial charge in [-0.25, -0.2) is 0 Å². The number of ketones is 1. The molecule has 7 unspecified atom stereocenters. The summed E-state index contributed by atoms with van der Waals surface area (Å²) in [5.74, 6) is -1.66. The summed E-state index contributed by atoms with van der Waals surface area (Å²) in [7, 11) is 1.43. The van der Waals surface area contributed by atoms with Gasteiger partial charge in [-0.3, -0.25) is 4.79 Å². The Morgan fingerprint density at radius 2 is 1.79 bits per heavy atom. The molecule has 1 saturated heterocycles. The molecule has 0 aromatic carbocycles. The number of fused-ring (bicyclic) bond motifs is 5. The van der Waals surface area contributed by atoms with Gasteiger partial charge < -0.3 is 29.9 Å². The third kappa shape index (κ3) is 2.27. The van der Waals surface area contributed by atoms with Crippen molar-refractivity contribution in [2.75, 3.05) is 13.7 Å². The monoisotopic (exact) mass is 410 g/mol. The molecular formula is C22H34O7. The van der Waals surface area contributed by atoms with Crippen LogP contribution in [0.1, 0.15) is 47.5 Å². The molecule has 0 spiro atoms. The highest BCUT2D eigenvalue weighted by atomic mass is 16.6. The minimum Gasteiger partial charge on any atom is -0.392 e. The van der Waals surface area contributed by atoms with E-state index >= 15 is 0 Å². The predicted octanol–water partition coefficient (Wildman–Crippen LogP) is 0.576. The summed E-state index contributed by atoms with van der Waals surface area (Å²) in [5.41, 5.74) is -3.75. The van der Waals surface area contributed by atoms with Crippen LogP contribution in [0.15, 0.2) is 11.1 Å². The van der Waals surface area contributed by atoms with E-state index in [1.165, 1.54) is 7.11 Å². The summed E-state index contributed by atoms with van der Waals surface area (Å²) >= 11 is 0. The minimum absolute atomic E-state index is 0.0562. The zero-order valence-corrected chi connectivity index (χ0v) is 18.1. The maximum atomic E-state index is 14.0. The fourth-order valence-electron chi connectivity index (χ4n) is 7.19. The summed E-state index contributed by atoms with van der Waals surface area (Å²) in [6, 6.07) is 0. The van der Waals surface area contributed by atoms with Gasteiger partial charge in [-0.05, 0) is 30.9 Å². The Morgan fingerprint density at radius 3 is 2.31 bits per heavy atom. The summed E-state index contributed by atoms with van der Waals surface area (Å²) in [4.78, 5) is 14.0. The van der Waals surface area contributed by atoms with Gasteiger partial charge in [-0.2, -0.15) is 0 Å². The number of aliphatic hydroxyl groups is 4. The maximum absolute atomic E-state index is 14.0. The summed E-state index contributed by atoms with van der Waals surface area (Å²) in [6.45, 7) is 9.07. The second kappa shape index (κ2) is 6.11. The van der Waals surface area contributed by atoms with Crippen molar-refractivity contribution < 1.29 is 34.7 Å². The fourth-order valence-corrected chi connectivity index (χ4v) is 7.19. The van der Waals surface area contributed by atoms with Crippen LogP contribution >= 0.6 is 0 Å². The molecule has 3 aliphatic carbocycles. The average Bonchev–Trinajstić information content (AvgIpc) is 2.64. The average molecular weight is 411 g/mol. The number of carbonyl (C=O) groups excluding carboxylic acids is 1. The number of hydrogen-bond acceptors (Lipinski definition) is 7. The quantitative estimate of drug-likeness (QED) is 0.467. The first-order valence-electron chi connectivity index (χ1n) is 10.5. The zero-order chi connectivity index (χ0) is 21.7. The number of rotatable bonds is 1. The first-order valence-corrected chi connectivity index (χ1v) is 10.5. The van der Waals surface area contributed by atoms with Crippen molar-refractivity contribution in [2.24, 2.45) is 22.7 Å². The smallest absolute Gasteiger partial charge is 0.174 e. The van der Waals surface area contributed by atoms with Gasteiger partial charge >= 0.3 is 0 Å². The molecule has 0 amide bonds. The molecule has 29 heavy (non-hydrogen) atoms. The van der Waals surface area contributed by atoms with Crippen molar-refractivity contribution in [3.63, 3.8) is 0 Å². The number of aliphatic hydroxyl groups excluding tert-OH is 2. The second-order valence-electron chi connectivity index (χ2n) is 10.4. The Labute approximate surface area is 171 Å². The highest BCUT2D eigenvalue weighted by Gasteiger charge is 2.74. The SMILES string of the molecule is COC1C(=O)[C@]2(C)C(O)CC3OCC3(O)C2[C@H](C)C2(O)CC(O)C(C)=C1C2(C)C. The largest absolute Gasteiger partial charge is 0.392 e. The first kappa shape index (κ1) is 21.4. The van der Waals surface area contributed by atoms with E-state index in [9.17, 15) is 25.2 Å². The van der Waals surface area contributed by atoms with Crippen LogP contribution in [-0.2, 0) is 14.3 Å². The van der Waals surface area contributed by atoms with Crippen LogP contribution in [0.5, 0.6) is 0 Å². The lowest BCUT2D eigenvalue weighted by molar-refractivity contribution is -0.335. The molecule has 7 nitrogen and oxygen atoms in total. The highest BCUT2D eigenvalue weighted by Crippen LogP contribution is 2.64. The van der Waals surface area contributed by atoms with Crippen LogP contribution in [0.2, 0.25) is 0 Å². The Kier molecular flexibility index (Phi) is 4.51. The van der Waals surface area contributed by atoms with E-state index < -0.39 is 58.3 Å². The van der Waals surface area contributed by atoms with Gasteiger partial charge in [0, 0.05) is 31.3 Å². The molecule has 4 aliphatic rings. The van der Waals surface area contributed by atoms with E-state index in [2.05, 4.69) is 0 Å². The van der Waals surface area contributed by atoms with Crippen LogP contribution in [0.25, 0.3) is 0 Å². The van der Waals surface area contributed by atoms with E-state index in [1.807, 2.05) is 20.8 Å². The molecule has 0 aromatic heterocycles. The van der Waals surface area contributed by atoms with Gasteiger partial charge in [0.05, 0.1) is 35.9 Å². The molecule has 7 heteroatoms. The summed E-state index contributed by atoms with van der Waals surface area (Å²) in [5, 5.41) is 45.5. The number of ether oxygens (including phenoxy) is 2. The molecule has 4 N–H and O–H groups in total. The van der Waals surface area contributed by atoms with Crippen LogP contribution in [0.3, 0.4) is 0 Å².